The average Bonchev–Trinajstić information content (AvgIpc) is 2.26. The van der Waals surface area contributed by atoms with Gasteiger partial charge in [-0.25, -0.2) is 0 Å². The van der Waals surface area contributed by atoms with E-state index in [1.165, 1.54) is 0 Å². The predicted molar refractivity (Wildman–Crippen MR) is 46.0 cm³/mol. The topological polar surface area (TPSA) is 20.3 Å². The second kappa shape index (κ2) is 2.03. The van der Waals surface area contributed by atoms with E-state index in [-0.39, 0.29) is 17.9 Å². The minimum absolute atomic E-state index is 0.210. The summed E-state index contributed by atoms with van der Waals surface area (Å²) in [7, 11) is 0. The van der Waals surface area contributed by atoms with Crippen LogP contribution in [0.3, 0.4) is 0 Å². The fourth-order valence-electron chi connectivity index (χ4n) is 1.62. The summed E-state index contributed by atoms with van der Waals surface area (Å²) in [6.45, 7) is 7.94. The van der Waals surface area contributed by atoms with Gasteiger partial charge in [0.15, 0.2) is 0 Å². The lowest BCUT2D eigenvalue weighted by atomic mass is 9.99. The lowest BCUT2D eigenvalue weighted by Crippen LogP contribution is -2.57. The van der Waals surface area contributed by atoms with Gasteiger partial charge >= 0.3 is 0 Å². The van der Waals surface area contributed by atoms with Crippen LogP contribution in [0.15, 0.2) is 11.5 Å². The lowest BCUT2D eigenvalue weighted by molar-refractivity contribution is -0.149. The third kappa shape index (κ3) is 0.719. The van der Waals surface area contributed by atoms with Gasteiger partial charge in [0.05, 0.1) is 17.3 Å². The zero-order chi connectivity index (χ0) is 8.17. The molecule has 2 rings (SSSR count). The maximum absolute atomic E-state index is 11.3. The number of hydrogen-bond acceptors (Lipinski definition) is 2. The molecule has 2 heterocycles. The molecule has 0 aromatic heterocycles. The fourth-order valence-corrected chi connectivity index (χ4v) is 2.96. The van der Waals surface area contributed by atoms with Crippen LogP contribution in [0, 0.1) is 5.92 Å². The summed E-state index contributed by atoms with van der Waals surface area (Å²) in [6, 6.07) is 0.258. The molecule has 0 saturated carbocycles. The van der Waals surface area contributed by atoms with Gasteiger partial charge in [0.1, 0.15) is 0 Å². The quantitative estimate of drug-likeness (QED) is 0.511. The first kappa shape index (κ1) is 7.22. The van der Waals surface area contributed by atoms with Crippen LogP contribution < -0.4 is 0 Å². The molecule has 3 heteroatoms. The van der Waals surface area contributed by atoms with Crippen LogP contribution in [0.5, 0.6) is 0 Å². The number of hydrogen-bond donors (Lipinski definition) is 0. The maximum atomic E-state index is 11.3. The Morgan fingerprint density at radius 1 is 1.55 bits per heavy atom. The first-order valence-corrected chi connectivity index (χ1v) is 4.68. The van der Waals surface area contributed by atoms with Crippen LogP contribution in [0.1, 0.15) is 13.8 Å². The molecular weight excluding hydrogens is 158 g/mol. The molecule has 0 bridgehead atoms. The number of nitrogens with zero attached hydrogens (tertiary/aromatic N) is 1. The summed E-state index contributed by atoms with van der Waals surface area (Å²) in [6.07, 6.45) is 0. The molecule has 0 radical (unpaired) electrons. The molecule has 0 aromatic carbocycles. The first-order chi connectivity index (χ1) is 5.13. The Bertz CT molecular complexity index is 238. The lowest BCUT2D eigenvalue weighted by Gasteiger charge is -2.41. The number of carbonyl (C=O) groups is 1. The van der Waals surface area contributed by atoms with Crippen molar-refractivity contribution in [1.82, 2.24) is 4.90 Å². The van der Waals surface area contributed by atoms with Crippen LogP contribution >= 0.6 is 11.8 Å². The minimum Gasteiger partial charge on any atom is -0.322 e. The fraction of sp³-hybridized carbons (Fsp3) is 0.625. The van der Waals surface area contributed by atoms with E-state index in [4.69, 9.17) is 0 Å². The number of fused-ring (bicyclic) bond motifs is 1. The third-order valence-electron chi connectivity index (χ3n) is 2.50. The van der Waals surface area contributed by atoms with Gasteiger partial charge in [-0.3, -0.25) is 4.79 Å². The van der Waals surface area contributed by atoms with E-state index in [2.05, 4.69) is 6.58 Å². The molecule has 0 aliphatic carbocycles. The van der Waals surface area contributed by atoms with Crippen LogP contribution in [-0.4, -0.2) is 22.2 Å². The zero-order valence-corrected chi connectivity index (χ0v) is 7.52. The highest BCUT2D eigenvalue weighted by atomic mass is 32.2. The minimum atomic E-state index is 0.210. The average molecular weight is 169 g/mol. The Morgan fingerprint density at radius 2 is 2.18 bits per heavy atom. The van der Waals surface area contributed by atoms with E-state index >= 15 is 0 Å². The van der Waals surface area contributed by atoms with Crippen molar-refractivity contribution in [3.63, 3.8) is 0 Å². The second-order valence-electron chi connectivity index (χ2n) is 3.18. The van der Waals surface area contributed by atoms with Crippen LogP contribution in [-0.2, 0) is 4.79 Å². The van der Waals surface area contributed by atoms with E-state index < -0.39 is 0 Å². The number of thioether (sulfide) groups is 1. The largest absolute Gasteiger partial charge is 0.322 e. The molecule has 2 fully saturated rings. The Labute approximate surface area is 70.6 Å². The van der Waals surface area contributed by atoms with Crippen molar-refractivity contribution in [3.8, 4) is 0 Å². The van der Waals surface area contributed by atoms with Gasteiger partial charge < -0.3 is 4.90 Å². The van der Waals surface area contributed by atoms with Crippen molar-refractivity contribution in [1.29, 1.82) is 0 Å². The highest BCUT2D eigenvalue weighted by Crippen LogP contribution is 2.48. The van der Waals surface area contributed by atoms with Gasteiger partial charge in [0.2, 0.25) is 5.91 Å². The molecule has 2 aliphatic heterocycles. The summed E-state index contributed by atoms with van der Waals surface area (Å²) in [4.78, 5) is 14.3. The van der Waals surface area contributed by atoms with Crippen molar-refractivity contribution in [2.45, 2.75) is 25.3 Å². The predicted octanol–water partition coefficient (Wildman–Crippen LogP) is 1.44. The van der Waals surface area contributed by atoms with Crippen molar-refractivity contribution in [2.24, 2.45) is 5.92 Å². The van der Waals surface area contributed by atoms with E-state index in [9.17, 15) is 4.79 Å². The van der Waals surface area contributed by atoms with E-state index in [0.717, 1.165) is 4.91 Å². The Hall–Kier alpha value is -0.440. The molecule has 2 saturated heterocycles. The van der Waals surface area contributed by atoms with Gasteiger partial charge in [-0.2, -0.15) is 0 Å². The Kier molecular flexibility index (Phi) is 1.34. The third-order valence-corrected chi connectivity index (χ3v) is 4.02. The first-order valence-electron chi connectivity index (χ1n) is 3.80. The van der Waals surface area contributed by atoms with E-state index in [1.54, 1.807) is 11.8 Å². The van der Waals surface area contributed by atoms with Crippen molar-refractivity contribution in [2.75, 3.05) is 0 Å². The summed E-state index contributed by atoms with van der Waals surface area (Å²) < 4.78 is 0. The summed E-state index contributed by atoms with van der Waals surface area (Å²) in [5, 5.41) is 0.394. The van der Waals surface area contributed by atoms with Crippen molar-refractivity contribution < 1.29 is 4.79 Å². The molecule has 1 amide bonds. The number of amides is 1. The SMILES string of the molecule is C=C1SC2C(C)C(=O)N2C1C. The molecule has 0 aromatic rings. The normalized spacial score (nSPS) is 42.4. The molecule has 3 unspecified atom stereocenters. The number of carbonyl (C=O) groups excluding carboxylic acids is 1. The molecular formula is C8H11NOS. The van der Waals surface area contributed by atoms with E-state index in [0.29, 0.717) is 5.37 Å². The number of rotatable bonds is 0. The van der Waals surface area contributed by atoms with Crippen LogP contribution in [0.4, 0.5) is 0 Å². The monoisotopic (exact) mass is 169 g/mol. The molecule has 0 N–H and O–H groups in total. The molecule has 0 spiro atoms. The number of β-lactam (4-membered cyclic amide) rings is 1. The Balaban J connectivity index is 2.24. The summed E-state index contributed by atoms with van der Waals surface area (Å²) >= 11 is 1.75. The summed E-state index contributed by atoms with van der Waals surface area (Å²) in [5.74, 6) is 0.496. The standard InChI is InChI=1S/C8H11NOS/c1-4-7(10)9-5(2)6(3)11-8(4)9/h4-5,8H,3H2,1-2H3. The molecule has 60 valence electrons. The molecule has 3 atom stereocenters. The van der Waals surface area contributed by atoms with E-state index in [1.807, 2.05) is 18.7 Å². The highest BCUT2D eigenvalue weighted by Gasteiger charge is 2.52. The second-order valence-corrected chi connectivity index (χ2v) is 4.43. The van der Waals surface area contributed by atoms with Crippen LogP contribution in [0.25, 0.3) is 0 Å². The van der Waals surface area contributed by atoms with Gasteiger partial charge in [0.25, 0.3) is 0 Å². The smallest absolute Gasteiger partial charge is 0.229 e. The summed E-state index contributed by atoms with van der Waals surface area (Å²) in [5.41, 5.74) is 0. The van der Waals surface area contributed by atoms with Gasteiger partial charge in [-0.15, -0.1) is 11.8 Å². The van der Waals surface area contributed by atoms with Crippen molar-refractivity contribution >= 4 is 17.7 Å². The van der Waals surface area contributed by atoms with Gasteiger partial charge in [0, 0.05) is 4.91 Å². The maximum Gasteiger partial charge on any atom is 0.229 e. The van der Waals surface area contributed by atoms with Crippen LogP contribution in [0.2, 0.25) is 0 Å². The highest BCUT2D eigenvalue weighted by molar-refractivity contribution is 8.04. The Morgan fingerprint density at radius 3 is 2.73 bits per heavy atom. The molecule has 2 aliphatic rings. The molecule has 11 heavy (non-hydrogen) atoms. The van der Waals surface area contributed by atoms with Gasteiger partial charge in [-0.1, -0.05) is 13.5 Å². The van der Waals surface area contributed by atoms with Gasteiger partial charge in [-0.05, 0) is 6.92 Å². The molecule has 2 nitrogen and oxygen atoms in total. The van der Waals surface area contributed by atoms with Crippen molar-refractivity contribution in [3.05, 3.63) is 11.5 Å². The zero-order valence-electron chi connectivity index (χ0n) is 6.70.